The number of aromatic nitrogens is 4. The van der Waals surface area contributed by atoms with Crippen molar-refractivity contribution >= 4 is 24.1 Å². The van der Waals surface area contributed by atoms with Gasteiger partial charge in [-0.25, -0.2) is 4.68 Å². The summed E-state index contributed by atoms with van der Waals surface area (Å²) in [5.74, 6) is 0.476. The van der Waals surface area contributed by atoms with Gasteiger partial charge >= 0.3 is 0 Å². The zero-order valence-electron chi connectivity index (χ0n) is 15.6. The highest BCUT2D eigenvalue weighted by Gasteiger charge is 2.18. The van der Waals surface area contributed by atoms with Gasteiger partial charge in [0.05, 0.1) is 12.2 Å². The number of piperidine rings is 1. The number of carbonyl (C=O) groups is 1. The van der Waals surface area contributed by atoms with Crippen LogP contribution in [0.2, 0.25) is 0 Å². The van der Waals surface area contributed by atoms with Crippen LogP contribution in [0.4, 0.5) is 5.82 Å². The number of nitrogens with one attached hydrogen (secondary N) is 2. The first-order valence-corrected chi connectivity index (χ1v) is 9.42. The number of halogens is 1. The van der Waals surface area contributed by atoms with Gasteiger partial charge in [0.1, 0.15) is 5.82 Å². The molecule has 1 atom stereocenters. The van der Waals surface area contributed by atoms with E-state index in [1.165, 1.54) is 5.56 Å². The van der Waals surface area contributed by atoms with Gasteiger partial charge in [0.25, 0.3) is 5.91 Å². The minimum absolute atomic E-state index is 0. The van der Waals surface area contributed by atoms with Crippen molar-refractivity contribution in [2.24, 2.45) is 0 Å². The van der Waals surface area contributed by atoms with E-state index in [4.69, 9.17) is 0 Å². The molecule has 1 aliphatic rings. The van der Waals surface area contributed by atoms with E-state index in [2.05, 4.69) is 33.0 Å². The smallest absolute Gasteiger partial charge is 0.277 e. The molecule has 0 spiro atoms. The molecule has 0 bridgehead atoms. The van der Waals surface area contributed by atoms with E-state index in [1.54, 1.807) is 12.3 Å². The summed E-state index contributed by atoms with van der Waals surface area (Å²) in [6.07, 6.45) is 6.66. The molecule has 1 aromatic carbocycles. The Balaban J connectivity index is 0.00000225. The summed E-state index contributed by atoms with van der Waals surface area (Å²) in [5, 5.41) is 15.1. The molecule has 8 heteroatoms. The summed E-state index contributed by atoms with van der Waals surface area (Å²) < 4.78 is 3.71. The third-order valence-electron chi connectivity index (χ3n) is 4.90. The topological polar surface area (TPSA) is 76.8 Å². The van der Waals surface area contributed by atoms with E-state index in [0.29, 0.717) is 24.1 Å². The zero-order valence-corrected chi connectivity index (χ0v) is 16.4. The zero-order chi connectivity index (χ0) is 18.5. The lowest BCUT2D eigenvalue weighted by Gasteiger charge is -2.22. The molecule has 7 nitrogen and oxygen atoms in total. The first kappa shape index (κ1) is 20.1. The van der Waals surface area contributed by atoms with Crippen molar-refractivity contribution in [3.05, 3.63) is 66.1 Å². The van der Waals surface area contributed by atoms with Crippen LogP contribution in [0.5, 0.6) is 0 Å². The SMILES string of the molecule is Cl.O=C(Nc1ccnn1CCc1ccccc1)c1ccn(C2CCCNC2)n1. The molecule has 28 heavy (non-hydrogen) atoms. The Labute approximate surface area is 170 Å². The summed E-state index contributed by atoms with van der Waals surface area (Å²) in [6.45, 7) is 2.65. The molecule has 0 saturated carbocycles. The van der Waals surface area contributed by atoms with E-state index >= 15 is 0 Å². The van der Waals surface area contributed by atoms with Crippen LogP contribution in [-0.4, -0.2) is 38.6 Å². The normalized spacial score (nSPS) is 16.4. The maximum absolute atomic E-state index is 12.6. The number of nitrogens with zero attached hydrogens (tertiary/aromatic N) is 4. The van der Waals surface area contributed by atoms with Crippen molar-refractivity contribution in [1.82, 2.24) is 24.9 Å². The van der Waals surface area contributed by atoms with Crippen LogP contribution in [0.3, 0.4) is 0 Å². The highest BCUT2D eigenvalue weighted by atomic mass is 35.5. The summed E-state index contributed by atoms with van der Waals surface area (Å²) in [4.78, 5) is 12.6. The Morgan fingerprint density at radius 3 is 2.86 bits per heavy atom. The fourth-order valence-corrected chi connectivity index (χ4v) is 3.40. The van der Waals surface area contributed by atoms with E-state index in [9.17, 15) is 4.79 Å². The van der Waals surface area contributed by atoms with Crippen molar-refractivity contribution in [3.63, 3.8) is 0 Å². The van der Waals surface area contributed by atoms with E-state index in [0.717, 1.165) is 32.4 Å². The molecule has 0 radical (unpaired) electrons. The van der Waals surface area contributed by atoms with Gasteiger partial charge in [0.2, 0.25) is 0 Å². The van der Waals surface area contributed by atoms with E-state index < -0.39 is 0 Å². The lowest BCUT2D eigenvalue weighted by atomic mass is 10.1. The van der Waals surface area contributed by atoms with Crippen molar-refractivity contribution in [2.75, 3.05) is 18.4 Å². The number of rotatable bonds is 6. The predicted molar refractivity (Wildman–Crippen MR) is 111 cm³/mol. The van der Waals surface area contributed by atoms with Gasteiger partial charge < -0.3 is 10.6 Å². The van der Waals surface area contributed by atoms with Gasteiger partial charge in [-0.2, -0.15) is 10.2 Å². The molecular weight excluding hydrogens is 376 g/mol. The molecule has 3 aromatic rings. The second-order valence-corrected chi connectivity index (χ2v) is 6.81. The molecule has 148 valence electrons. The van der Waals surface area contributed by atoms with Crippen LogP contribution >= 0.6 is 12.4 Å². The summed E-state index contributed by atoms with van der Waals surface area (Å²) in [5.41, 5.74) is 1.67. The predicted octanol–water partition coefficient (Wildman–Crippen LogP) is 2.92. The van der Waals surface area contributed by atoms with Crippen LogP contribution < -0.4 is 10.6 Å². The number of aryl methyl sites for hydroxylation is 2. The molecule has 4 rings (SSSR count). The van der Waals surface area contributed by atoms with Crippen molar-refractivity contribution in [3.8, 4) is 0 Å². The third kappa shape index (κ3) is 4.79. The monoisotopic (exact) mass is 400 g/mol. The summed E-state index contributed by atoms with van der Waals surface area (Å²) in [7, 11) is 0. The lowest BCUT2D eigenvalue weighted by Crippen LogP contribution is -2.32. The molecule has 2 aromatic heterocycles. The van der Waals surface area contributed by atoms with Crippen LogP contribution in [0.25, 0.3) is 0 Å². The van der Waals surface area contributed by atoms with E-state index in [1.807, 2.05) is 39.8 Å². The molecule has 1 saturated heterocycles. The number of anilines is 1. The van der Waals surface area contributed by atoms with Crippen molar-refractivity contribution < 1.29 is 4.79 Å². The van der Waals surface area contributed by atoms with Gasteiger partial charge in [-0.1, -0.05) is 30.3 Å². The highest BCUT2D eigenvalue weighted by Crippen LogP contribution is 2.16. The number of hydrogen-bond acceptors (Lipinski definition) is 4. The van der Waals surface area contributed by atoms with Crippen LogP contribution in [0.1, 0.15) is 34.9 Å². The Morgan fingerprint density at radius 2 is 2.07 bits per heavy atom. The molecule has 0 aliphatic carbocycles. The number of amides is 1. The molecule has 1 unspecified atom stereocenters. The average molecular weight is 401 g/mol. The summed E-state index contributed by atoms with van der Waals surface area (Å²) >= 11 is 0. The van der Waals surface area contributed by atoms with Gasteiger partial charge in [-0.05, 0) is 37.4 Å². The van der Waals surface area contributed by atoms with Gasteiger partial charge in [-0.15, -0.1) is 12.4 Å². The van der Waals surface area contributed by atoms with Crippen molar-refractivity contribution in [1.29, 1.82) is 0 Å². The highest BCUT2D eigenvalue weighted by molar-refractivity contribution is 6.02. The van der Waals surface area contributed by atoms with Crippen molar-refractivity contribution in [2.45, 2.75) is 31.8 Å². The standard InChI is InChI=1S/C20H24N6O.ClH/c27-20(18-10-14-25(24-18)17-7-4-11-21-15-17)23-19-8-12-22-26(19)13-9-16-5-2-1-3-6-16;/h1-3,5-6,8,10,12,14,17,21H,4,7,9,11,13,15H2,(H,23,27);1H. The second-order valence-electron chi connectivity index (χ2n) is 6.81. The Morgan fingerprint density at radius 1 is 1.21 bits per heavy atom. The maximum atomic E-state index is 12.6. The first-order valence-electron chi connectivity index (χ1n) is 9.42. The number of benzene rings is 1. The molecule has 1 amide bonds. The molecule has 1 aliphatic heterocycles. The average Bonchev–Trinajstić information content (AvgIpc) is 3.38. The fourth-order valence-electron chi connectivity index (χ4n) is 3.40. The Hall–Kier alpha value is -2.64. The van der Waals surface area contributed by atoms with Gasteiger partial charge in [0, 0.05) is 25.4 Å². The Bertz CT molecular complexity index is 885. The maximum Gasteiger partial charge on any atom is 0.277 e. The van der Waals surface area contributed by atoms with Crippen LogP contribution in [-0.2, 0) is 13.0 Å². The van der Waals surface area contributed by atoms with E-state index in [-0.39, 0.29) is 18.3 Å². The molecular formula is C20H25ClN6O. The minimum atomic E-state index is -0.209. The number of carbonyl (C=O) groups excluding carboxylic acids is 1. The third-order valence-corrected chi connectivity index (χ3v) is 4.90. The fraction of sp³-hybridized carbons (Fsp3) is 0.350. The molecule has 2 N–H and O–H groups in total. The van der Waals surface area contributed by atoms with Gasteiger partial charge in [-0.3, -0.25) is 9.48 Å². The molecule has 1 fully saturated rings. The number of hydrogen-bond donors (Lipinski definition) is 2. The largest absolute Gasteiger partial charge is 0.315 e. The van der Waals surface area contributed by atoms with Gasteiger partial charge in [0.15, 0.2) is 5.69 Å². The molecule has 3 heterocycles. The second kappa shape index (κ2) is 9.52. The van der Waals surface area contributed by atoms with Crippen LogP contribution in [0, 0.1) is 0 Å². The quantitative estimate of drug-likeness (QED) is 0.667. The van der Waals surface area contributed by atoms with Crippen LogP contribution in [0.15, 0.2) is 54.9 Å². The summed E-state index contributed by atoms with van der Waals surface area (Å²) in [6, 6.07) is 14.1. The first-order chi connectivity index (χ1) is 13.3. The lowest BCUT2D eigenvalue weighted by molar-refractivity contribution is 0.102. The Kier molecular flexibility index (Phi) is 6.84. The minimum Gasteiger partial charge on any atom is -0.315 e.